The molecule has 1 unspecified atom stereocenters. The number of carbonyl (C=O) groups is 1. The van der Waals surface area contributed by atoms with Crippen LogP contribution >= 0.6 is 0 Å². The Morgan fingerprint density at radius 3 is 2.82 bits per heavy atom. The Kier molecular flexibility index (Phi) is 5.39. The van der Waals surface area contributed by atoms with Crippen molar-refractivity contribution in [3.8, 4) is 5.75 Å². The Morgan fingerprint density at radius 1 is 1.36 bits per heavy atom. The van der Waals surface area contributed by atoms with E-state index in [0.29, 0.717) is 17.9 Å². The molecule has 3 aromatic rings. The predicted octanol–water partition coefficient (Wildman–Crippen LogP) is 2.55. The van der Waals surface area contributed by atoms with E-state index in [1.165, 1.54) is 4.68 Å². The summed E-state index contributed by atoms with van der Waals surface area (Å²) < 4.78 is 8.23. The molecule has 0 aliphatic rings. The lowest BCUT2D eigenvalue weighted by atomic mass is 10.2. The molecule has 0 saturated carbocycles. The number of nitrogens with one attached hydrogen (secondary N) is 1. The van der Waals surface area contributed by atoms with Gasteiger partial charge in [-0.15, -0.1) is 0 Å². The van der Waals surface area contributed by atoms with Gasteiger partial charge >= 0.3 is 5.69 Å². The number of amides is 1. The van der Waals surface area contributed by atoms with Gasteiger partial charge in [0.25, 0.3) is 0 Å². The second-order valence-corrected chi connectivity index (χ2v) is 6.26. The first-order chi connectivity index (χ1) is 13.4. The van der Waals surface area contributed by atoms with Gasteiger partial charge < -0.3 is 10.1 Å². The third kappa shape index (κ3) is 4.00. The van der Waals surface area contributed by atoms with E-state index in [1.807, 2.05) is 24.3 Å². The van der Waals surface area contributed by atoms with Crippen molar-refractivity contribution in [3.63, 3.8) is 0 Å². The molecular formula is C18H20N6O4. The lowest BCUT2D eigenvalue weighted by molar-refractivity contribution is -0.385. The molecule has 1 atom stereocenters. The molecule has 0 aliphatic heterocycles. The number of nitro groups is 1. The van der Waals surface area contributed by atoms with Crippen molar-refractivity contribution >= 4 is 17.3 Å². The number of hydrogen-bond donors (Lipinski definition) is 1. The largest absolute Gasteiger partial charge is 0.497 e. The van der Waals surface area contributed by atoms with Crippen molar-refractivity contribution in [2.24, 2.45) is 0 Å². The first-order valence-corrected chi connectivity index (χ1v) is 8.53. The van der Waals surface area contributed by atoms with Crippen LogP contribution in [0, 0.1) is 17.0 Å². The lowest BCUT2D eigenvalue weighted by Crippen LogP contribution is -2.25. The highest BCUT2D eigenvalue weighted by Crippen LogP contribution is 2.21. The van der Waals surface area contributed by atoms with E-state index in [0.717, 1.165) is 17.5 Å². The van der Waals surface area contributed by atoms with E-state index in [-0.39, 0.29) is 11.6 Å². The molecule has 0 saturated heterocycles. The predicted molar refractivity (Wildman–Crippen MR) is 101 cm³/mol. The van der Waals surface area contributed by atoms with Crippen LogP contribution in [0.5, 0.6) is 5.75 Å². The van der Waals surface area contributed by atoms with E-state index in [1.54, 1.807) is 38.0 Å². The van der Waals surface area contributed by atoms with Crippen molar-refractivity contribution < 1.29 is 14.5 Å². The highest BCUT2D eigenvalue weighted by Gasteiger charge is 2.24. The molecule has 2 heterocycles. The Labute approximate surface area is 160 Å². The van der Waals surface area contributed by atoms with Gasteiger partial charge in [0, 0.05) is 6.20 Å². The van der Waals surface area contributed by atoms with Crippen LogP contribution in [0.1, 0.15) is 24.2 Å². The van der Waals surface area contributed by atoms with Gasteiger partial charge in [-0.1, -0.05) is 12.1 Å². The number of ether oxygens (including phenoxy) is 1. The molecule has 0 bridgehead atoms. The summed E-state index contributed by atoms with van der Waals surface area (Å²) in [4.78, 5) is 22.9. The molecule has 1 N–H and O–H groups in total. The zero-order chi connectivity index (χ0) is 20.3. The number of carbonyl (C=O) groups excluding carboxylic acids is 1. The average molecular weight is 384 g/mol. The number of hydrogen-bond acceptors (Lipinski definition) is 6. The summed E-state index contributed by atoms with van der Waals surface area (Å²) in [6, 6.07) is 6.91. The smallest absolute Gasteiger partial charge is 0.309 e. The van der Waals surface area contributed by atoms with Crippen LogP contribution in [0.4, 0.5) is 11.4 Å². The molecule has 0 spiro atoms. The minimum Gasteiger partial charge on any atom is -0.497 e. The van der Waals surface area contributed by atoms with Crippen LogP contribution in [0.2, 0.25) is 0 Å². The normalized spacial score (nSPS) is 11.8. The lowest BCUT2D eigenvalue weighted by Gasteiger charge is -2.13. The standard InChI is InChI=1S/C18H20N6O4/c1-12-17(24(26)27)9-20-23(12)13(2)18(25)21-15-8-19-22(11-15)10-14-5-4-6-16(7-14)28-3/h4-9,11,13H,10H2,1-3H3,(H,21,25). The molecule has 2 aromatic heterocycles. The maximum Gasteiger partial charge on any atom is 0.309 e. The van der Waals surface area contributed by atoms with Crippen LogP contribution in [0.3, 0.4) is 0 Å². The maximum absolute atomic E-state index is 12.5. The summed E-state index contributed by atoms with van der Waals surface area (Å²) in [7, 11) is 1.61. The fourth-order valence-corrected chi connectivity index (χ4v) is 2.81. The van der Waals surface area contributed by atoms with Gasteiger partial charge in [-0.05, 0) is 31.5 Å². The Balaban J connectivity index is 1.67. The number of benzene rings is 1. The van der Waals surface area contributed by atoms with Crippen LogP contribution in [-0.2, 0) is 11.3 Å². The summed E-state index contributed by atoms with van der Waals surface area (Å²) >= 11 is 0. The van der Waals surface area contributed by atoms with Crippen LogP contribution < -0.4 is 10.1 Å². The highest BCUT2D eigenvalue weighted by molar-refractivity contribution is 5.93. The molecule has 10 nitrogen and oxygen atoms in total. The first kappa shape index (κ1) is 19.1. The maximum atomic E-state index is 12.5. The number of rotatable bonds is 7. The highest BCUT2D eigenvalue weighted by atomic mass is 16.6. The van der Waals surface area contributed by atoms with Crippen molar-refractivity contribution in [3.05, 3.63) is 64.2 Å². The average Bonchev–Trinajstić information content (AvgIpc) is 3.27. The fraction of sp³-hybridized carbons (Fsp3) is 0.278. The Hall–Kier alpha value is -3.69. The SMILES string of the molecule is COc1cccc(Cn2cc(NC(=O)C(C)n3ncc([N+](=O)[O-])c3C)cn2)c1. The number of aromatic nitrogens is 4. The zero-order valence-corrected chi connectivity index (χ0v) is 15.7. The monoisotopic (exact) mass is 384 g/mol. The van der Waals surface area contributed by atoms with E-state index >= 15 is 0 Å². The molecule has 3 rings (SSSR count). The molecule has 0 radical (unpaired) electrons. The molecule has 0 aliphatic carbocycles. The molecule has 146 valence electrons. The number of methoxy groups -OCH3 is 1. The first-order valence-electron chi connectivity index (χ1n) is 8.53. The van der Waals surface area contributed by atoms with Crippen LogP contribution in [-0.4, -0.2) is 37.5 Å². The fourth-order valence-electron chi connectivity index (χ4n) is 2.81. The second kappa shape index (κ2) is 7.91. The summed E-state index contributed by atoms with van der Waals surface area (Å²) in [5.74, 6) is 0.415. The van der Waals surface area contributed by atoms with Gasteiger partial charge in [-0.25, -0.2) is 0 Å². The van der Waals surface area contributed by atoms with Gasteiger partial charge in [0.2, 0.25) is 5.91 Å². The van der Waals surface area contributed by atoms with Crippen molar-refractivity contribution in [1.82, 2.24) is 19.6 Å². The number of nitrogens with zero attached hydrogens (tertiary/aromatic N) is 5. The molecule has 1 amide bonds. The van der Waals surface area contributed by atoms with Gasteiger partial charge in [-0.2, -0.15) is 10.2 Å². The topological polar surface area (TPSA) is 117 Å². The van der Waals surface area contributed by atoms with Crippen molar-refractivity contribution in [2.75, 3.05) is 12.4 Å². The van der Waals surface area contributed by atoms with Gasteiger partial charge in [0.15, 0.2) is 0 Å². The molecule has 28 heavy (non-hydrogen) atoms. The quantitative estimate of drug-likeness (QED) is 0.494. The Morgan fingerprint density at radius 2 is 2.14 bits per heavy atom. The van der Waals surface area contributed by atoms with E-state index in [4.69, 9.17) is 4.74 Å². The summed E-state index contributed by atoms with van der Waals surface area (Å²) in [5.41, 5.74) is 1.74. The van der Waals surface area contributed by atoms with Gasteiger partial charge in [0.05, 0.1) is 30.5 Å². The van der Waals surface area contributed by atoms with Crippen molar-refractivity contribution in [2.45, 2.75) is 26.4 Å². The number of anilines is 1. The zero-order valence-electron chi connectivity index (χ0n) is 15.7. The molecular weight excluding hydrogens is 364 g/mol. The third-order valence-corrected chi connectivity index (χ3v) is 4.34. The molecule has 0 fully saturated rings. The van der Waals surface area contributed by atoms with Gasteiger partial charge in [0.1, 0.15) is 23.7 Å². The van der Waals surface area contributed by atoms with Crippen LogP contribution in [0.25, 0.3) is 0 Å². The van der Waals surface area contributed by atoms with Crippen LogP contribution in [0.15, 0.2) is 42.9 Å². The van der Waals surface area contributed by atoms with E-state index in [9.17, 15) is 14.9 Å². The summed E-state index contributed by atoms with van der Waals surface area (Å²) in [6.45, 7) is 3.70. The van der Waals surface area contributed by atoms with E-state index < -0.39 is 11.0 Å². The second-order valence-electron chi connectivity index (χ2n) is 6.26. The third-order valence-electron chi connectivity index (χ3n) is 4.34. The molecule has 1 aromatic carbocycles. The molecule has 10 heteroatoms. The minimum absolute atomic E-state index is 0.120. The summed E-state index contributed by atoms with van der Waals surface area (Å²) in [5, 5.41) is 21.9. The van der Waals surface area contributed by atoms with E-state index in [2.05, 4.69) is 15.5 Å². The Bertz CT molecular complexity index is 1010. The van der Waals surface area contributed by atoms with Gasteiger partial charge in [-0.3, -0.25) is 24.3 Å². The van der Waals surface area contributed by atoms with Crippen molar-refractivity contribution in [1.29, 1.82) is 0 Å². The summed E-state index contributed by atoms with van der Waals surface area (Å²) in [6.07, 6.45) is 4.40. The minimum atomic E-state index is -0.713.